The fourth-order valence-electron chi connectivity index (χ4n) is 2.31. The molecule has 0 amide bonds. The predicted octanol–water partition coefficient (Wildman–Crippen LogP) is 2.89. The fraction of sp³-hybridized carbons (Fsp3) is 0.312. The Morgan fingerprint density at radius 3 is 2.41 bits per heavy atom. The largest absolute Gasteiger partial charge is 0.726 e. The van der Waals surface area contributed by atoms with Gasteiger partial charge in [0.25, 0.3) is 0 Å². The van der Waals surface area contributed by atoms with Crippen molar-refractivity contribution in [3.8, 4) is 5.06 Å². The Morgan fingerprint density at radius 2 is 1.85 bits per heavy atom. The topological polar surface area (TPSA) is 109 Å². The van der Waals surface area contributed by atoms with E-state index in [0.717, 1.165) is 39.6 Å². The molecule has 0 bridgehead atoms. The lowest BCUT2D eigenvalue weighted by Crippen LogP contribution is -2.23. The van der Waals surface area contributed by atoms with E-state index in [0.29, 0.717) is 0 Å². The van der Waals surface area contributed by atoms with E-state index in [-0.39, 0.29) is 0 Å². The standard InChI is InChI=1S/C15H17N4OS.CH4O4S/c1-10-14(11-7-5-6-8-12(11)19(10)3)16-17-15-18(2)9-13(20-4)21-15;1-5-6(2,3)4/h5-9H,1-4H3;1H3,(H,2,3,4)/q+1;/p-1. The Hall–Kier alpha value is -2.34. The number of azo groups is 1. The average molecular weight is 412 g/mol. The Kier molecular flexibility index (Phi) is 6.65. The lowest BCUT2D eigenvalue weighted by atomic mass is 10.2. The van der Waals surface area contributed by atoms with Crippen LogP contribution in [0.25, 0.3) is 10.9 Å². The van der Waals surface area contributed by atoms with E-state index in [9.17, 15) is 13.0 Å². The summed E-state index contributed by atoms with van der Waals surface area (Å²) in [7, 11) is 2.03. The van der Waals surface area contributed by atoms with Crippen LogP contribution in [-0.4, -0.2) is 31.8 Å². The number of benzene rings is 1. The number of hydrogen-bond donors (Lipinski definition) is 0. The number of aryl methyl sites for hydroxylation is 2. The SMILES string of the molecule is COS(=O)(=O)[O-].COc1c[n+](C)c(N=Nc2c(C)n(C)c3ccccc23)s1. The molecule has 0 N–H and O–H groups in total. The van der Waals surface area contributed by atoms with E-state index >= 15 is 0 Å². The molecule has 0 unspecified atom stereocenters. The zero-order chi connectivity index (χ0) is 20.2. The number of fused-ring (bicyclic) bond motifs is 1. The second-order valence-electron chi connectivity index (χ2n) is 5.43. The van der Waals surface area contributed by atoms with Crippen LogP contribution in [0.2, 0.25) is 0 Å². The van der Waals surface area contributed by atoms with Gasteiger partial charge in [0.15, 0.2) is 0 Å². The Balaban J connectivity index is 0.000000380. The van der Waals surface area contributed by atoms with Gasteiger partial charge in [0.05, 0.1) is 31.9 Å². The fourth-order valence-corrected chi connectivity index (χ4v) is 3.06. The molecule has 0 aliphatic rings. The second-order valence-corrected chi connectivity index (χ2v) is 7.55. The first-order valence-corrected chi connectivity index (χ1v) is 9.83. The van der Waals surface area contributed by atoms with E-state index < -0.39 is 10.4 Å². The van der Waals surface area contributed by atoms with E-state index in [2.05, 4.69) is 38.0 Å². The summed E-state index contributed by atoms with van der Waals surface area (Å²) in [6.45, 7) is 2.06. The van der Waals surface area contributed by atoms with Crippen molar-refractivity contribution in [2.24, 2.45) is 24.3 Å². The van der Waals surface area contributed by atoms with Crippen molar-refractivity contribution in [1.82, 2.24) is 4.57 Å². The lowest BCUT2D eigenvalue weighted by Gasteiger charge is -1.98. The van der Waals surface area contributed by atoms with Gasteiger partial charge in [-0.25, -0.2) is 13.0 Å². The molecule has 0 saturated heterocycles. The molecule has 2 aromatic heterocycles. The number of methoxy groups -OCH3 is 1. The van der Waals surface area contributed by atoms with Gasteiger partial charge in [-0.15, -0.1) is 0 Å². The average Bonchev–Trinajstić information content (AvgIpc) is 3.12. The van der Waals surface area contributed by atoms with Gasteiger partial charge in [0, 0.05) is 18.1 Å². The summed E-state index contributed by atoms with van der Waals surface area (Å²) in [6.07, 6.45) is 1.90. The molecular weight excluding hydrogens is 392 g/mol. The molecule has 1 aromatic carbocycles. The predicted molar refractivity (Wildman–Crippen MR) is 101 cm³/mol. The van der Waals surface area contributed by atoms with Crippen molar-refractivity contribution in [2.75, 3.05) is 14.2 Å². The third-order valence-corrected chi connectivity index (χ3v) is 5.23. The zero-order valence-corrected chi connectivity index (χ0v) is 17.2. The van der Waals surface area contributed by atoms with Crippen molar-refractivity contribution in [2.45, 2.75) is 6.92 Å². The highest BCUT2D eigenvalue weighted by Gasteiger charge is 2.16. The van der Waals surface area contributed by atoms with Crippen LogP contribution in [0.1, 0.15) is 5.69 Å². The van der Waals surface area contributed by atoms with Gasteiger partial charge in [-0.2, -0.15) is 0 Å². The number of ether oxygens (including phenoxy) is 1. The van der Waals surface area contributed by atoms with Crippen LogP contribution in [0, 0.1) is 6.92 Å². The summed E-state index contributed by atoms with van der Waals surface area (Å²) in [5, 5.41) is 11.6. The van der Waals surface area contributed by atoms with Crippen LogP contribution < -0.4 is 9.30 Å². The summed E-state index contributed by atoms with van der Waals surface area (Å²) < 4.78 is 40.3. The van der Waals surface area contributed by atoms with Crippen molar-refractivity contribution < 1.29 is 26.5 Å². The highest BCUT2D eigenvalue weighted by Crippen LogP contribution is 2.34. The molecule has 0 fully saturated rings. The van der Waals surface area contributed by atoms with Gasteiger partial charge >= 0.3 is 5.13 Å². The molecule has 0 spiro atoms. The normalized spacial score (nSPS) is 11.6. The van der Waals surface area contributed by atoms with Crippen LogP contribution in [0.15, 0.2) is 40.7 Å². The van der Waals surface area contributed by atoms with Gasteiger partial charge < -0.3 is 13.9 Å². The smallest absolute Gasteiger partial charge is 0.411 e. The van der Waals surface area contributed by atoms with E-state index in [1.54, 1.807) is 7.11 Å². The lowest BCUT2D eigenvalue weighted by molar-refractivity contribution is -0.654. The van der Waals surface area contributed by atoms with Crippen LogP contribution in [-0.2, 0) is 28.7 Å². The minimum atomic E-state index is -4.41. The molecular formula is C16H20N4O5S2. The summed E-state index contributed by atoms with van der Waals surface area (Å²) in [5.41, 5.74) is 3.18. The molecule has 0 aliphatic heterocycles. The highest BCUT2D eigenvalue weighted by molar-refractivity contribution is 7.80. The van der Waals surface area contributed by atoms with Crippen molar-refractivity contribution in [3.05, 3.63) is 36.2 Å². The number of para-hydroxylation sites is 1. The second kappa shape index (κ2) is 8.57. The number of nitrogens with zero attached hydrogens (tertiary/aromatic N) is 4. The number of thiazole rings is 1. The summed E-state index contributed by atoms with van der Waals surface area (Å²) >= 11 is 1.47. The number of rotatable bonds is 4. The molecule has 3 aromatic rings. The molecule has 0 aliphatic carbocycles. The molecule has 27 heavy (non-hydrogen) atoms. The van der Waals surface area contributed by atoms with Gasteiger partial charge in [-0.05, 0) is 29.4 Å². The van der Waals surface area contributed by atoms with E-state index in [4.69, 9.17) is 4.74 Å². The molecule has 0 saturated carbocycles. The summed E-state index contributed by atoms with van der Waals surface area (Å²) in [5.74, 6) is 0. The Bertz CT molecular complexity index is 1070. The van der Waals surface area contributed by atoms with Crippen molar-refractivity contribution in [3.63, 3.8) is 0 Å². The maximum atomic E-state index is 9.22. The van der Waals surface area contributed by atoms with Crippen molar-refractivity contribution in [1.29, 1.82) is 0 Å². The number of aromatic nitrogens is 2. The van der Waals surface area contributed by atoms with Crippen LogP contribution in [0.3, 0.4) is 0 Å². The summed E-state index contributed by atoms with van der Waals surface area (Å²) in [4.78, 5) is 0. The molecule has 2 heterocycles. The summed E-state index contributed by atoms with van der Waals surface area (Å²) in [6, 6.07) is 8.23. The minimum absolute atomic E-state index is 0.805. The molecule has 0 radical (unpaired) electrons. The maximum Gasteiger partial charge on any atom is 0.411 e. The van der Waals surface area contributed by atoms with Crippen LogP contribution in [0.5, 0.6) is 5.06 Å². The third-order valence-electron chi connectivity index (χ3n) is 3.80. The van der Waals surface area contributed by atoms with E-state index in [1.807, 2.05) is 37.0 Å². The molecule has 9 nitrogen and oxygen atoms in total. The minimum Gasteiger partial charge on any atom is -0.726 e. The maximum absolute atomic E-state index is 9.22. The van der Waals surface area contributed by atoms with Gasteiger partial charge in [-0.3, -0.25) is 4.18 Å². The van der Waals surface area contributed by atoms with Crippen molar-refractivity contribution >= 4 is 43.5 Å². The molecule has 3 rings (SSSR count). The monoisotopic (exact) mass is 412 g/mol. The highest BCUT2D eigenvalue weighted by atomic mass is 32.3. The molecule has 11 heteroatoms. The van der Waals surface area contributed by atoms with E-state index in [1.165, 1.54) is 11.3 Å². The van der Waals surface area contributed by atoms with Crippen LogP contribution >= 0.6 is 11.3 Å². The first-order valence-electron chi connectivity index (χ1n) is 7.68. The van der Waals surface area contributed by atoms with Gasteiger partial charge in [0.2, 0.25) is 15.5 Å². The zero-order valence-electron chi connectivity index (χ0n) is 15.5. The number of hydrogen-bond acceptors (Lipinski definition) is 8. The first-order chi connectivity index (χ1) is 12.7. The van der Waals surface area contributed by atoms with Gasteiger partial charge in [0.1, 0.15) is 11.9 Å². The molecule has 0 atom stereocenters. The first kappa shape index (κ1) is 21.0. The quantitative estimate of drug-likeness (QED) is 0.283. The third kappa shape index (κ3) is 5.10. The molecule has 146 valence electrons. The van der Waals surface area contributed by atoms with Crippen LogP contribution in [0.4, 0.5) is 10.8 Å². The Labute approximate surface area is 161 Å². The van der Waals surface area contributed by atoms with Gasteiger partial charge in [-0.1, -0.05) is 18.2 Å². The Morgan fingerprint density at radius 1 is 1.22 bits per heavy atom.